The lowest BCUT2D eigenvalue weighted by atomic mass is 9.89. The molecule has 158 valence electrons. The van der Waals surface area contributed by atoms with Gasteiger partial charge in [0.25, 0.3) is 0 Å². The maximum absolute atomic E-state index is 14.8. The minimum absolute atomic E-state index is 0.0408. The Bertz CT molecular complexity index is 1170. The Morgan fingerprint density at radius 1 is 1.16 bits per heavy atom. The second kappa shape index (κ2) is 8.34. The Morgan fingerprint density at radius 2 is 1.90 bits per heavy atom. The van der Waals surface area contributed by atoms with E-state index >= 15 is 0 Å². The average Bonchev–Trinajstić information content (AvgIpc) is 3.26. The molecular weight excluding hydrogens is 405 g/mol. The molecular formula is C21H18FN5O4. The molecule has 2 heterocycles. The number of hydrogen-bond donors (Lipinski definition) is 1. The maximum atomic E-state index is 14.8. The smallest absolute Gasteiger partial charge is 0.355 e. The number of hydrogen-bond acceptors (Lipinski definition) is 8. The number of nitrogens with zero attached hydrogens (tertiary/aromatic N) is 4. The van der Waals surface area contributed by atoms with Gasteiger partial charge in [0.15, 0.2) is 5.78 Å². The number of esters is 1. The molecule has 2 aromatic carbocycles. The van der Waals surface area contributed by atoms with E-state index in [1.807, 2.05) is 6.92 Å². The van der Waals surface area contributed by atoms with Gasteiger partial charge in [-0.05, 0) is 47.7 Å². The molecule has 0 aliphatic carbocycles. The van der Waals surface area contributed by atoms with Crippen molar-refractivity contribution in [2.45, 2.75) is 13.0 Å². The third kappa shape index (κ3) is 3.63. The first-order valence-corrected chi connectivity index (χ1v) is 9.44. The zero-order valence-corrected chi connectivity index (χ0v) is 16.7. The van der Waals surface area contributed by atoms with Gasteiger partial charge in [-0.2, -0.15) is 4.68 Å². The van der Waals surface area contributed by atoms with Crippen molar-refractivity contribution in [2.24, 2.45) is 0 Å². The van der Waals surface area contributed by atoms with Crippen LogP contribution in [0.5, 0.6) is 5.75 Å². The summed E-state index contributed by atoms with van der Waals surface area (Å²) in [6.45, 7) is 2.33. The summed E-state index contributed by atoms with van der Waals surface area (Å²) in [7, 11) is 1.19. The number of ketones is 1. The molecule has 0 saturated heterocycles. The summed E-state index contributed by atoms with van der Waals surface area (Å²) in [6.07, 6.45) is 0. The monoisotopic (exact) mass is 423 g/mol. The fraction of sp³-hybridized carbons (Fsp3) is 0.190. The number of anilines is 1. The second-order valence-corrected chi connectivity index (χ2v) is 6.56. The van der Waals surface area contributed by atoms with Crippen LogP contribution in [0.4, 0.5) is 10.3 Å². The number of carbonyl (C=O) groups excluding carboxylic acids is 2. The molecule has 0 saturated carbocycles. The standard InChI is InChI=1S/C21H18FN5O4/c1-3-31-13-10-8-12(9-11-13)19(28)16-17(20(29)30-2)23-21-24-25-26-27(21)18(16)14-6-4-5-7-15(14)22/h4-11,18H,3H2,1-2H3,(H,23,24,26). The van der Waals surface area contributed by atoms with Gasteiger partial charge in [0, 0.05) is 11.1 Å². The minimum Gasteiger partial charge on any atom is -0.494 e. The third-order valence-electron chi connectivity index (χ3n) is 4.78. The largest absolute Gasteiger partial charge is 0.494 e. The molecule has 31 heavy (non-hydrogen) atoms. The number of benzene rings is 2. The van der Waals surface area contributed by atoms with E-state index in [1.54, 1.807) is 30.3 Å². The molecule has 0 bridgehead atoms. The van der Waals surface area contributed by atoms with Crippen molar-refractivity contribution in [2.75, 3.05) is 19.0 Å². The van der Waals surface area contributed by atoms with Gasteiger partial charge in [0.1, 0.15) is 23.3 Å². The molecule has 1 aliphatic rings. The molecule has 1 aromatic heterocycles. The van der Waals surface area contributed by atoms with Crippen molar-refractivity contribution in [1.29, 1.82) is 0 Å². The van der Waals surface area contributed by atoms with Crippen LogP contribution >= 0.6 is 0 Å². The van der Waals surface area contributed by atoms with Crippen molar-refractivity contribution in [3.05, 3.63) is 76.7 Å². The first kappa shape index (κ1) is 20.2. The molecule has 10 heteroatoms. The van der Waals surface area contributed by atoms with Crippen LogP contribution in [0.25, 0.3) is 0 Å². The van der Waals surface area contributed by atoms with Gasteiger partial charge in [-0.1, -0.05) is 23.3 Å². The molecule has 1 atom stereocenters. The summed E-state index contributed by atoms with van der Waals surface area (Å²) in [5, 5.41) is 14.1. The summed E-state index contributed by atoms with van der Waals surface area (Å²) >= 11 is 0. The summed E-state index contributed by atoms with van der Waals surface area (Å²) in [4.78, 5) is 26.1. The molecule has 0 fully saturated rings. The quantitative estimate of drug-likeness (QED) is 0.476. The van der Waals surface area contributed by atoms with E-state index in [0.717, 1.165) is 0 Å². The zero-order valence-electron chi connectivity index (χ0n) is 16.7. The van der Waals surface area contributed by atoms with Gasteiger partial charge >= 0.3 is 5.97 Å². The lowest BCUT2D eigenvalue weighted by Crippen LogP contribution is -2.33. The fourth-order valence-corrected chi connectivity index (χ4v) is 3.40. The number of ether oxygens (including phenoxy) is 2. The highest BCUT2D eigenvalue weighted by Crippen LogP contribution is 2.37. The summed E-state index contributed by atoms with van der Waals surface area (Å²) in [6, 6.07) is 11.3. The Kier molecular flexibility index (Phi) is 5.44. The summed E-state index contributed by atoms with van der Waals surface area (Å²) in [5.74, 6) is -1.21. The highest BCUT2D eigenvalue weighted by Gasteiger charge is 2.39. The Morgan fingerprint density at radius 3 is 2.58 bits per heavy atom. The molecule has 0 amide bonds. The molecule has 0 radical (unpaired) electrons. The van der Waals surface area contributed by atoms with Crippen LogP contribution in [-0.2, 0) is 9.53 Å². The van der Waals surface area contributed by atoms with E-state index < -0.39 is 23.6 Å². The SMILES string of the molecule is CCOc1ccc(C(=O)C2=C(C(=O)OC)Nc3nnnn3C2c2ccccc2F)cc1. The van der Waals surface area contributed by atoms with Crippen LogP contribution in [0.1, 0.15) is 28.9 Å². The lowest BCUT2D eigenvalue weighted by molar-refractivity contribution is -0.136. The van der Waals surface area contributed by atoms with Crippen LogP contribution in [0.2, 0.25) is 0 Å². The van der Waals surface area contributed by atoms with Crippen LogP contribution in [0.15, 0.2) is 59.8 Å². The fourth-order valence-electron chi connectivity index (χ4n) is 3.40. The predicted octanol–water partition coefficient (Wildman–Crippen LogP) is 2.54. The number of tetrazole rings is 1. The molecule has 1 aliphatic heterocycles. The zero-order chi connectivity index (χ0) is 22.0. The molecule has 4 rings (SSSR count). The van der Waals surface area contributed by atoms with Crippen LogP contribution in [-0.4, -0.2) is 45.7 Å². The minimum atomic E-state index is -1.08. The normalized spacial score (nSPS) is 15.1. The molecule has 1 unspecified atom stereocenters. The van der Waals surface area contributed by atoms with Gasteiger partial charge in [0.2, 0.25) is 5.95 Å². The maximum Gasteiger partial charge on any atom is 0.355 e. The van der Waals surface area contributed by atoms with E-state index in [0.29, 0.717) is 12.4 Å². The molecule has 9 nitrogen and oxygen atoms in total. The van der Waals surface area contributed by atoms with E-state index in [2.05, 4.69) is 20.8 Å². The van der Waals surface area contributed by atoms with Crippen molar-refractivity contribution in [1.82, 2.24) is 20.2 Å². The second-order valence-electron chi connectivity index (χ2n) is 6.56. The average molecular weight is 423 g/mol. The summed E-state index contributed by atoms with van der Waals surface area (Å²) in [5.41, 5.74) is 0.214. The Labute approximate surface area is 176 Å². The van der Waals surface area contributed by atoms with Gasteiger partial charge in [-0.25, -0.2) is 9.18 Å². The van der Waals surface area contributed by atoms with Crippen molar-refractivity contribution in [3.8, 4) is 5.75 Å². The first-order valence-electron chi connectivity index (χ1n) is 9.44. The predicted molar refractivity (Wildman–Crippen MR) is 107 cm³/mol. The number of methoxy groups -OCH3 is 1. The van der Waals surface area contributed by atoms with Gasteiger partial charge in [-0.3, -0.25) is 4.79 Å². The lowest BCUT2D eigenvalue weighted by Gasteiger charge is -2.28. The number of rotatable bonds is 6. The number of carbonyl (C=O) groups is 2. The topological polar surface area (TPSA) is 108 Å². The number of Topliss-reactive ketones (excluding diaryl/α,β-unsaturated/α-hetero) is 1. The highest BCUT2D eigenvalue weighted by molar-refractivity contribution is 6.15. The molecule has 0 spiro atoms. The number of fused-ring (bicyclic) bond motifs is 1. The third-order valence-corrected chi connectivity index (χ3v) is 4.78. The van der Waals surface area contributed by atoms with E-state index in [1.165, 1.54) is 30.0 Å². The highest BCUT2D eigenvalue weighted by atomic mass is 19.1. The van der Waals surface area contributed by atoms with Crippen molar-refractivity contribution in [3.63, 3.8) is 0 Å². The van der Waals surface area contributed by atoms with Gasteiger partial charge < -0.3 is 14.8 Å². The van der Waals surface area contributed by atoms with Crippen LogP contribution < -0.4 is 10.1 Å². The van der Waals surface area contributed by atoms with E-state index in [9.17, 15) is 14.0 Å². The van der Waals surface area contributed by atoms with E-state index in [-0.39, 0.29) is 28.3 Å². The molecule has 3 aromatic rings. The van der Waals surface area contributed by atoms with Gasteiger partial charge in [0.05, 0.1) is 19.3 Å². The summed E-state index contributed by atoms with van der Waals surface area (Å²) < 4.78 is 26.3. The number of aromatic nitrogens is 4. The van der Waals surface area contributed by atoms with Crippen molar-refractivity contribution < 1.29 is 23.5 Å². The number of nitrogens with one attached hydrogen (secondary N) is 1. The number of allylic oxidation sites excluding steroid dienone is 1. The number of halogens is 1. The molecule has 1 N–H and O–H groups in total. The van der Waals surface area contributed by atoms with Gasteiger partial charge in [-0.15, -0.1) is 0 Å². The van der Waals surface area contributed by atoms with Crippen LogP contribution in [0.3, 0.4) is 0 Å². The van der Waals surface area contributed by atoms with E-state index in [4.69, 9.17) is 9.47 Å². The van der Waals surface area contributed by atoms with Crippen LogP contribution in [0, 0.1) is 5.82 Å². The Hall–Kier alpha value is -4.08. The first-order chi connectivity index (χ1) is 15.0. The van der Waals surface area contributed by atoms with Crippen molar-refractivity contribution >= 4 is 17.7 Å². The Balaban J connectivity index is 1.90.